The molecule has 2 bridgehead atoms. The highest BCUT2D eigenvalue weighted by atomic mass is 16.2. The lowest BCUT2D eigenvalue weighted by atomic mass is 9.84. The second kappa shape index (κ2) is 7.40. The normalized spacial score (nSPS) is 25.8. The Labute approximate surface area is 158 Å². The molecule has 2 aromatic carbocycles. The quantitative estimate of drug-likeness (QED) is 0.667. The minimum atomic E-state index is -0.314. The Kier molecular flexibility index (Phi) is 4.81. The Morgan fingerprint density at radius 1 is 0.778 bits per heavy atom. The number of carbonyl (C=O) groups is 2. The number of benzene rings is 2. The number of rotatable bonds is 4. The van der Waals surface area contributed by atoms with Gasteiger partial charge in [-0.05, 0) is 67.5 Å². The summed E-state index contributed by atoms with van der Waals surface area (Å²) in [5, 5.41) is 8.51. The lowest BCUT2D eigenvalue weighted by molar-refractivity contribution is -0.121. The molecule has 2 saturated carbocycles. The first-order valence-electron chi connectivity index (χ1n) is 9.40. The summed E-state index contributed by atoms with van der Waals surface area (Å²) in [6, 6.07) is 16.0. The van der Waals surface area contributed by atoms with Crippen LogP contribution in [0.5, 0.6) is 0 Å². The van der Waals surface area contributed by atoms with Crippen LogP contribution in [0.4, 0.5) is 21.9 Å². The third-order valence-corrected chi connectivity index (χ3v) is 5.73. The van der Waals surface area contributed by atoms with Crippen molar-refractivity contribution in [2.75, 3.05) is 16.0 Å². The molecular formula is C21H24N4O2. The maximum atomic E-state index is 12.6. The van der Waals surface area contributed by atoms with Gasteiger partial charge in [0.05, 0.1) is 5.92 Å². The van der Waals surface area contributed by atoms with Crippen molar-refractivity contribution in [3.63, 3.8) is 0 Å². The molecule has 3 amide bonds. The molecule has 27 heavy (non-hydrogen) atoms. The van der Waals surface area contributed by atoms with Crippen LogP contribution in [0.3, 0.4) is 0 Å². The van der Waals surface area contributed by atoms with Crippen LogP contribution in [0.2, 0.25) is 0 Å². The van der Waals surface area contributed by atoms with Gasteiger partial charge in [0, 0.05) is 23.1 Å². The van der Waals surface area contributed by atoms with Gasteiger partial charge in [0.25, 0.3) is 0 Å². The standard InChI is InChI=1S/C21H24N4O2/c22-19-14-7-6-13(12-14)18(19)20(26)23-16-8-10-17(11-9-16)25-21(27)24-15-4-2-1-3-5-15/h1-5,8-11,13-14,18-19H,6-7,12,22H2,(H,23,26)(H2,24,25,27). The highest BCUT2D eigenvalue weighted by molar-refractivity contribution is 6.00. The van der Waals surface area contributed by atoms with E-state index in [1.165, 1.54) is 0 Å². The predicted molar refractivity (Wildman–Crippen MR) is 106 cm³/mol. The summed E-state index contributed by atoms with van der Waals surface area (Å²) in [5.41, 5.74) is 8.33. The fourth-order valence-electron chi connectivity index (χ4n) is 4.40. The topological polar surface area (TPSA) is 96.2 Å². The SMILES string of the molecule is NC1C2CCC(C2)C1C(=O)Nc1ccc(NC(=O)Nc2ccccc2)cc1. The maximum absolute atomic E-state index is 12.6. The number of nitrogens with one attached hydrogen (secondary N) is 3. The Morgan fingerprint density at radius 3 is 1.93 bits per heavy atom. The molecule has 5 N–H and O–H groups in total. The minimum Gasteiger partial charge on any atom is -0.327 e. The lowest BCUT2D eigenvalue weighted by Gasteiger charge is -2.27. The summed E-state index contributed by atoms with van der Waals surface area (Å²) in [6.45, 7) is 0. The van der Waals surface area contributed by atoms with Gasteiger partial charge in [-0.25, -0.2) is 4.79 Å². The Hall–Kier alpha value is -2.86. The van der Waals surface area contributed by atoms with Gasteiger partial charge in [0.2, 0.25) is 5.91 Å². The summed E-state index contributed by atoms with van der Waals surface area (Å²) < 4.78 is 0. The minimum absolute atomic E-state index is 0.0113. The molecule has 4 atom stereocenters. The first-order valence-corrected chi connectivity index (χ1v) is 9.40. The van der Waals surface area contributed by atoms with Gasteiger partial charge in [-0.1, -0.05) is 18.2 Å². The molecule has 2 aliphatic rings. The van der Waals surface area contributed by atoms with Gasteiger partial charge < -0.3 is 21.7 Å². The molecule has 4 rings (SSSR count). The van der Waals surface area contributed by atoms with E-state index in [9.17, 15) is 9.59 Å². The molecule has 2 aromatic rings. The van der Waals surface area contributed by atoms with E-state index in [0.717, 1.165) is 24.9 Å². The molecule has 4 unspecified atom stereocenters. The van der Waals surface area contributed by atoms with E-state index in [4.69, 9.17) is 5.73 Å². The van der Waals surface area contributed by atoms with E-state index in [-0.39, 0.29) is 23.9 Å². The molecule has 2 fully saturated rings. The molecule has 0 aromatic heterocycles. The largest absolute Gasteiger partial charge is 0.327 e. The fraction of sp³-hybridized carbons (Fsp3) is 0.333. The number of para-hydroxylation sites is 1. The van der Waals surface area contributed by atoms with Crippen LogP contribution >= 0.6 is 0 Å². The van der Waals surface area contributed by atoms with E-state index in [1.807, 2.05) is 30.3 Å². The van der Waals surface area contributed by atoms with E-state index in [1.54, 1.807) is 24.3 Å². The number of hydrogen-bond donors (Lipinski definition) is 4. The molecule has 6 heteroatoms. The third kappa shape index (κ3) is 3.80. The molecule has 0 saturated heterocycles. The molecule has 0 radical (unpaired) electrons. The van der Waals surface area contributed by atoms with Gasteiger partial charge in [-0.3, -0.25) is 4.79 Å². The van der Waals surface area contributed by atoms with Crippen LogP contribution in [-0.2, 0) is 4.79 Å². The van der Waals surface area contributed by atoms with E-state index in [2.05, 4.69) is 16.0 Å². The summed E-state index contributed by atoms with van der Waals surface area (Å²) in [6.07, 6.45) is 3.34. The van der Waals surface area contributed by atoms with Crippen molar-refractivity contribution in [2.45, 2.75) is 25.3 Å². The third-order valence-electron chi connectivity index (χ3n) is 5.73. The van der Waals surface area contributed by atoms with E-state index < -0.39 is 0 Å². The average Bonchev–Trinajstić information content (AvgIpc) is 3.25. The second-order valence-corrected chi connectivity index (χ2v) is 7.45. The molecular weight excluding hydrogens is 340 g/mol. The smallest absolute Gasteiger partial charge is 0.323 e. The van der Waals surface area contributed by atoms with Gasteiger partial charge in [-0.15, -0.1) is 0 Å². The van der Waals surface area contributed by atoms with Crippen molar-refractivity contribution in [3.8, 4) is 0 Å². The van der Waals surface area contributed by atoms with Gasteiger partial charge in [0.1, 0.15) is 0 Å². The number of amides is 3. The molecule has 140 valence electrons. The molecule has 2 aliphatic carbocycles. The summed E-state index contributed by atoms with van der Waals surface area (Å²) >= 11 is 0. The zero-order valence-corrected chi connectivity index (χ0v) is 15.0. The number of hydrogen-bond acceptors (Lipinski definition) is 3. The molecule has 0 spiro atoms. The molecule has 0 heterocycles. The van der Waals surface area contributed by atoms with Crippen LogP contribution in [0.15, 0.2) is 54.6 Å². The number of fused-ring (bicyclic) bond motifs is 2. The fourth-order valence-corrected chi connectivity index (χ4v) is 4.40. The number of nitrogens with two attached hydrogens (primary N) is 1. The Balaban J connectivity index is 1.32. The van der Waals surface area contributed by atoms with Crippen molar-refractivity contribution >= 4 is 29.0 Å². The number of carbonyl (C=O) groups excluding carboxylic acids is 2. The van der Waals surface area contributed by atoms with Crippen molar-refractivity contribution in [1.29, 1.82) is 0 Å². The van der Waals surface area contributed by atoms with Crippen molar-refractivity contribution in [1.82, 2.24) is 0 Å². The zero-order chi connectivity index (χ0) is 18.8. The van der Waals surface area contributed by atoms with Crippen LogP contribution in [-0.4, -0.2) is 18.0 Å². The lowest BCUT2D eigenvalue weighted by Crippen LogP contribution is -2.42. The van der Waals surface area contributed by atoms with Gasteiger partial charge >= 0.3 is 6.03 Å². The highest BCUT2D eigenvalue weighted by Crippen LogP contribution is 2.47. The van der Waals surface area contributed by atoms with Gasteiger partial charge in [-0.2, -0.15) is 0 Å². The average molecular weight is 364 g/mol. The zero-order valence-electron chi connectivity index (χ0n) is 15.0. The van der Waals surface area contributed by atoms with Crippen LogP contribution in [0.1, 0.15) is 19.3 Å². The maximum Gasteiger partial charge on any atom is 0.323 e. The highest BCUT2D eigenvalue weighted by Gasteiger charge is 2.49. The summed E-state index contributed by atoms with van der Waals surface area (Å²) in [5.74, 6) is 0.850. The van der Waals surface area contributed by atoms with E-state index >= 15 is 0 Å². The van der Waals surface area contributed by atoms with E-state index in [0.29, 0.717) is 23.2 Å². The van der Waals surface area contributed by atoms with Crippen molar-refractivity contribution in [3.05, 3.63) is 54.6 Å². The summed E-state index contributed by atoms with van der Waals surface area (Å²) in [4.78, 5) is 24.6. The first-order chi connectivity index (χ1) is 13.1. The molecule has 0 aliphatic heterocycles. The molecule has 6 nitrogen and oxygen atoms in total. The predicted octanol–water partition coefficient (Wildman–Crippen LogP) is 3.64. The second-order valence-electron chi connectivity index (χ2n) is 7.45. The van der Waals surface area contributed by atoms with Gasteiger partial charge in [0.15, 0.2) is 0 Å². The van der Waals surface area contributed by atoms with Crippen LogP contribution in [0.25, 0.3) is 0 Å². The van der Waals surface area contributed by atoms with Crippen LogP contribution < -0.4 is 21.7 Å². The Morgan fingerprint density at radius 2 is 1.33 bits per heavy atom. The number of urea groups is 1. The van der Waals surface area contributed by atoms with Crippen molar-refractivity contribution in [2.24, 2.45) is 23.5 Å². The first kappa shape index (κ1) is 17.5. The summed E-state index contributed by atoms with van der Waals surface area (Å²) in [7, 11) is 0. The number of anilines is 3. The Bertz CT molecular complexity index is 820. The van der Waals surface area contributed by atoms with Crippen molar-refractivity contribution < 1.29 is 9.59 Å². The van der Waals surface area contributed by atoms with Crippen LogP contribution in [0, 0.1) is 17.8 Å². The monoisotopic (exact) mass is 364 g/mol.